The monoisotopic (exact) mass is 217 g/mol. The molecule has 1 rings (SSSR count). The number of rotatable bonds is 4. The third kappa shape index (κ3) is 3.08. The Kier molecular flexibility index (Phi) is 3.60. The summed E-state index contributed by atoms with van der Waals surface area (Å²) in [5, 5.41) is 0. The molecule has 78 valence electrons. The van der Waals surface area contributed by atoms with Gasteiger partial charge in [-0.2, -0.15) is 0 Å². The van der Waals surface area contributed by atoms with E-state index in [2.05, 4.69) is 4.72 Å². The van der Waals surface area contributed by atoms with Crippen LogP contribution in [0.5, 0.6) is 0 Å². The molecule has 14 heavy (non-hydrogen) atoms. The van der Waals surface area contributed by atoms with Crippen molar-refractivity contribution in [1.29, 1.82) is 0 Å². The predicted molar refractivity (Wildman–Crippen MR) is 52.7 cm³/mol. The van der Waals surface area contributed by atoms with E-state index < -0.39 is 15.8 Å². The molecule has 0 saturated carbocycles. The van der Waals surface area contributed by atoms with Crippen LogP contribution in [-0.4, -0.2) is 14.2 Å². The first-order valence-corrected chi connectivity index (χ1v) is 5.91. The van der Waals surface area contributed by atoms with Crippen molar-refractivity contribution >= 4 is 10.0 Å². The van der Waals surface area contributed by atoms with E-state index in [1.807, 2.05) is 0 Å². The second kappa shape index (κ2) is 4.52. The fourth-order valence-corrected chi connectivity index (χ4v) is 1.51. The van der Waals surface area contributed by atoms with Gasteiger partial charge in [-0.05, 0) is 13.0 Å². The summed E-state index contributed by atoms with van der Waals surface area (Å²) in [5.41, 5.74) is 0.351. The van der Waals surface area contributed by atoms with Gasteiger partial charge in [0.05, 0.1) is 5.75 Å². The van der Waals surface area contributed by atoms with Gasteiger partial charge in [0.15, 0.2) is 0 Å². The molecule has 0 heterocycles. The molecule has 0 fully saturated rings. The van der Waals surface area contributed by atoms with Crippen LogP contribution in [0.1, 0.15) is 12.5 Å². The van der Waals surface area contributed by atoms with Gasteiger partial charge in [-0.15, -0.1) is 0 Å². The van der Waals surface area contributed by atoms with Gasteiger partial charge < -0.3 is 0 Å². The number of halogens is 1. The highest BCUT2D eigenvalue weighted by atomic mass is 32.2. The zero-order chi connectivity index (χ0) is 10.6. The van der Waals surface area contributed by atoms with E-state index in [0.29, 0.717) is 5.56 Å². The SMILES string of the molecule is CCS(=O)(=O)NCc1ccccc1F. The van der Waals surface area contributed by atoms with Crippen molar-refractivity contribution in [2.45, 2.75) is 13.5 Å². The predicted octanol–water partition coefficient (Wildman–Crippen LogP) is 1.26. The summed E-state index contributed by atoms with van der Waals surface area (Å²) in [5.74, 6) is -0.396. The van der Waals surface area contributed by atoms with Gasteiger partial charge in [0.1, 0.15) is 5.82 Å². The Morgan fingerprint density at radius 3 is 2.57 bits per heavy atom. The molecule has 0 atom stereocenters. The highest BCUT2D eigenvalue weighted by Gasteiger charge is 2.07. The first kappa shape index (κ1) is 11.1. The van der Waals surface area contributed by atoms with Gasteiger partial charge in [0.25, 0.3) is 0 Å². The van der Waals surface area contributed by atoms with Crippen molar-refractivity contribution in [3.63, 3.8) is 0 Å². The summed E-state index contributed by atoms with van der Waals surface area (Å²) in [7, 11) is -3.25. The molecule has 3 nitrogen and oxygen atoms in total. The van der Waals surface area contributed by atoms with Gasteiger partial charge in [-0.3, -0.25) is 0 Å². The molecule has 0 aliphatic carbocycles. The summed E-state index contributed by atoms with van der Waals surface area (Å²) in [6.45, 7) is 1.53. The van der Waals surface area contributed by atoms with Crippen LogP contribution in [0.4, 0.5) is 4.39 Å². The Morgan fingerprint density at radius 2 is 2.00 bits per heavy atom. The molecule has 0 saturated heterocycles. The molecular weight excluding hydrogens is 205 g/mol. The third-order valence-corrected chi connectivity index (χ3v) is 3.16. The van der Waals surface area contributed by atoms with Crippen LogP contribution in [0.15, 0.2) is 24.3 Å². The Labute approximate surface area is 83.0 Å². The average Bonchev–Trinajstić information content (AvgIpc) is 2.17. The smallest absolute Gasteiger partial charge is 0.211 e. The molecule has 5 heteroatoms. The molecule has 0 unspecified atom stereocenters. The average molecular weight is 217 g/mol. The van der Waals surface area contributed by atoms with Crippen molar-refractivity contribution < 1.29 is 12.8 Å². The fourth-order valence-electron chi connectivity index (χ4n) is 0.932. The van der Waals surface area contributed by atoms with E-state index in [0.717, 1.165) is 0 Å². The van der Waals surface area contributed by atoms with E-state index in [4.69, 9.17) is 0 Å². The molecule has 0 bridgehead atoms. The summed E-state index contributed by atoms with van der Waals surface area (Å²) in [4.78, 5) is 0. The number of hydrogen-bond acceptors (Lipinski definition) is 2. The van der Waals surface area contributed by atoms with Crippen molar-refractivity contribution in [3.05, 3.63) is 35.6 Å². The Morgan fingerprint density at radius 1 is 1.36 bits per heavy atom. The van der Waals surface area contributed by atoms with Crippen LogP contribution < -0.4 is 4.72 Å². The minimum absolute atomic E-state index is 0.00144. The molecule has 0 aromatic heterocycles. The lowest BCUT2D eigenvalue weighted by molar-refractivity contribution is 0.575. The van der Waals surface area contributed by atoms with Crippen LogP contribution in [0.25, 0.3) is 0 Å². The standard InChI is InChI=1S/C9H12FNO2S/c1-2-14(12,13)11-7-8-5-3-4-6-9(8)10/h3-6,11H,2,7H2,1H3. The van der Waals surface area contributed by atoms with Crippen LogP contribution in [-0.2, 0) is 16.6 Å². The number of nitrogens with one attached hydrogen (secondary N) is 1. The molecule has 1 aromatic rings. The lowest BCUT2D eigenvalue weighted by Crippen LogP contribution is -2.25. The van der Waals surface area contributed by atoms with Crippen molar-refractivity contribution in [2.24, 2.45) is 0 Å². The summed E-state index contributed by atoms with van der Waals surface area (Å²) in [6, 6.07) is 6.08. The van der Waals surface area contributed by atoms with Crippen LogP contribution in [0.3, 0.4) is 0 Å². The summed E-state index contributed by atoms with van der Waals surface area (Å²) in [6.07, 6.45) is 0. The van der Waals surface area contributed by atoms with E-state index in [1.54, 1.807) is 18.2 Å². The highest BCUT2D eigenvalue weighted by molar-refractivity contribution is 7.89. The van der Waals surface area contributed by atoms with E-state index in [-0.39, 0.29) is 12.3 Å². The van der Waals surface area contributed by atoms with Crippen molar-refractivity contribution in [1.82, 2.24) is 4.72 Å². The van der Waals surface area contributed by atoms with Gasteiger partial charge in [0, 0.05) is 12.1 Å². The Bertz CT molecular complexity index is 403. The van der Waals surface area contributed by atoms with Crippen LogP contribution >= 0.6 is 0 Å². The minimum atomic E-state index is -3.25. The number of hydrogen-bond donors (Lipinski definition) is 1. The molecule has 0 aliphatic heterocycles. The number of benzene rings is 1. The first-order chi connectivity index (χ1) is 6.55. The molecule has 0 aliphatic rings. The van der Waals surface area contributed by atoms with Gasteiger partial charge in [0.2, 0.25) is 10.0 Å². The second-order valence-corrected chi connectivity index (χ2v) is 4.91. The highest BCUT2D eigenvalue weighted by Crippen LogP contribution is 2.05. The molecule has 0 radical (unpaired) electrons. The maximum absolute atomic E-state index is 13.0. The zero-order valence-electron chi connectivity index (χ0n) is 7.83. The van der Waals surface area contributed by atoms with E-state index in [9.17, 15) is 12.8 Å². The molecule has 1 N–H and O–H groups in total. The molecule has 0 spiro atoms. The topological polar surface area (TPSA) is 46.2 Å². The lowest BCUT2D eigenvalue weighted by atomic mass is 10.2. The summed E-state index contributed by atoms with van der Waals surface area (Å²) < 4.78 is 37.4. The van der Waals surface area contributed by atoms with Crippen LogP contribution in [0, 0.1) is 5.82 Å². The maximum atomic E-state index is 13.0. The van der Waals surface area contributed by atoms with E-state index >= 15 is 0 Å². The lowest BCUT2D eigenvalue weighted by Gasteiger charge is -2.04. The molecule has 1 aromatic carbocycles. The largest absolute Gasteiger partial charge is 0.212 e. The fraction of sp³-hybridized carbons (Fsp3) is 0.333. The summed E-state index contributed by atoms with van der Waals surface area (Å²) >= 11 is 0. The Balaban J connectivity index is 2.68. The van der Waals surface area contributed by atoms with Gasteiger partial charge in [-0.25, -0.2) is 17.5 Å². The van der Waals surface area contributed by atoms with Gasteiger partial charge in [-0.1, -0.05) is 18.2 Å². The normalized spacial score (nSPS) is 11.6. The number of sulfonamides is 1. The minimum Gasteiger partial charge on any atom is -0.212 e. The van der Waals surface area contributed by atoms with Crippen molar-refractivity contribution in [2.75, 3.05) is 5.75 Å². The molecule has 0 amide bonds. The second-order valence-electron chi connectivity index (χ2n) is 2.82. The van der Waals surface area contributed by atoms with Crippen LogP contribution in [0.2, 0.25) is 0 Å². The maximum Gasteiger partial charge on any atom is 0.211 e. The van der Waals surface area contributed by atoms with Gasteiger partial charge >= 0.3 is 0 Å². The van der Waals surface area contributed by atoms with Crippen molar-refractivity contribution in [3.8, 4) is 0 Å². The molecular formula is C9H12FNO2S. The zero-order valence-corrected chi connectivity index (χ0v) is 8.64. The third-order valence-electron chi connectivity index (χ3n) is 1.82. The van der Waals surface area contributed by atoms with E-state index in [1.165, 1.54) is 13.0 Å². The first-order valence-electron chi connectivity index (χ1n) is 4.26. The quantitative estimate of drug-likeness (QED) is 0.825. The Hall–Kier alpha value is -0.940.